The van der Waals surface area contributed by atoms with Crippen LogP contribution in [-0.4, -0.2) is 62.6 Å². The molecule has 0 atom stereocenters. The third-order valence-electron chi connectivity index (χ3n) is 4.73. The molecule has 0 saturated carbocycles. The number of aromatic nitrogens is 2. The second-order valence-corrected chi connectivity index (χ2v) is 6.33. The van der Waals surface area contributed by atoms with Crippen LogP contribution in [0, 0.1) is 0 Å². The summed E-state index contributed by atoms with van der Waals surface area (Å²) in [6.45, 7) is 5.58. The van der Waals surface area contributed by atoms with Gasteiger partial charge in [0.05, 0.1) is 19.3 Å². The molecule has 0 spiro atoms. The Morgan fingerprint density at radius 3 is 2.26 bits per heavy atom. The van der Waals surface area contributed by atoms with Crippen LogP contribution in [0.5, 0.6) is 0 Å². The Bertz CT molecular complexity index is 471. The van der Waals surface area contributed by atoms with E-state index in [1.807, 2.05) is 0 Å². The fourth-order valence-electron chi connectivity index (χ4n) is 3.36. The van der Waals surface area contributed by atoms with E-state index in [1.165, 1.54) is 19.3 Å². The van der Waals surface area contributed by atoms with Gasteiger partial charge in [-0.2, -0.15) is 0 Å². The summed E-state index contributed by atoms with van der Waals surface area (Å²) in [4.78, 5) is 13.7. The van der Waals surface area contributed by atoms with Gasteiger partial charge in [-0.05, 0) is 32.1 Å². The van der Waals surface area contributed by atoms with E-state index < -0.39 is 0 Å². The molecule has 23 heavy (non-hydrogen) atoms. The van der Waals surface area contributed by atoms with E-state index in [1.54, 1.807) is 13.4 Å². The van der Waals surface area contributed by atoms with Crippen molar-refractivity contribution in [2.24, 2.45) is 0 Å². The molecule has 0 N–H and O–H groups in total. The lowest BCUT2D eigenvalue weighted by atomic mass is 10.1. The van der Waals surface area contributed by atoms with Crippen molar-refractivity contribution in [3.8, 4) is 0 Å². The number of nitrogens with zero attached hydrogens (tertiary/aromatic N) is 4. The first-order chi connectivity index (χ1) is 11.4. The third-order valence-corrected chi connectivity index (χ3v) is 4.73. The quantitative estimate of drug-likeness (QED) is 0.748. The van der Waals surface area contributed by atoms with Crippen molar-refractivity contribution in [3.05, 3.63) is 12.4 Å². The first-order valence-corrected chi connectivity index (χ1v) is 8.79. The van der Waals surface area contributed by atoms with Gasteiger partial charge in [0.25, 0.3) is 0 Å². The Balaban J connectivity index is 1.53. The van der Waals surface area contributed by atoms with Gasteiger partial charge in [-0.15, -0.1) is 0 Å². The summed E-state index contributed by atoms with van der Waals surface area (Å²) in [6, 6.07) is 2.15. The fourth-order valence-corrected chi connectivity index (χ4v) is 3.36. The molecule has 1 aromatic heterocycles. The highest BCUT2D eigenvalue weighted by molar-refractivity contribution is 5.50. The van der Waals surface area contributed by atoms with Gasteiger partial charge < -0.3 is 19.3 Å². The van der Waals surface area contributed by atoms with Gasteiger partial charge in [-0.3, -0.25) is 0 Å². The van der Waals surface area contributed by atoms with E-state index in [9.17, 15) is 0 Å². The summed E-state index contributed by atoms with van der Waals surface area (Å²) < 4.78 is 10.9. The Morgan fingerprint density at radius 1 is 0.957 bits per heavy atom. The molecule has 2 aliphatic heterocycles. The number of anilines is 2. The lowest BCUT2D eigenvalue weighted by Crippen LogP contribution is -2.38. The van der Waals surface area contributed by atoms with Crippen LogP contribution in [0.15, 0.2) is 12.4 Å². The standard InChI is InChI=1S/C17H28N4O2/c1-22-11-12-23-15-5-9-21(10-6-15)17-13-16(18-14-19-17)20-7-3-2-4-8-20/h13-15H,2-12H2,1H3. The first-order valence-electron chi connectivity index (χ1n) is 8.79. The number of hydrogen-bond donors (Lipinski definition) is 0. The first kappa shape index (κ1) is 16.5. The summed E-state index contributed by atoms with van der Waals surface area (Å²) in [5, 5.41) is 0. The lowest BCUT2D eigenvalue weighted by Gasteiger charge is -2.33. The lowest BCUT2D eigenvalue weighted by molar-refractivity contribution is 0.00604. The zero-order valence-electron chi connectivity index (χ0n) is 14.1. The van der Waals surface area contributed by atoms with Crippen LogP contribution in [0.3, 0.4) is 0 Å². The number of rotatable bonds is 6. The monoisotopic (exact) mass is 320 g/mol. The van der Waals surface area contributed by atoms with Gasteiger partial charge in [0.2, 0.25) is 0 Å². The summed E-state index contributed by atoms with van der Waals surface area (Å²) in [6.07, 6.45) is 8.03. The maximum absolute atomic E-state index is 5.83. The molecule has 0 aromatic carbocycles. The molecule has 6 nitrogen and oxygen atoms in total. The highest BCUT2D eigenvalue weighted by Gasteiger charge is 2.21. The van der Waals surface area contributed by atoms with Gasteiger partial charge in [0.15, 0.2) is 0 Å². The predicted molar refractivity (Wildman–Crippen MR) is 91.2 cm³/mol. The minimum atomic E-state index is 0.352. The zero-order valence-corrected chi connectivity index (χ0v) is 14.1. The van der Waals surface area contributed by atoms with Gasteiger partial charge >= 0.3 is 0 Å². The molecule has 0 amide bonds. The molecular formula is C17H28N4O2. The molecule has 3 heterocycles. The maximum Gasteiger partial charge on any atom is 0.134 e. The highest BCUT2D eigenvalue weighted by Crippen LogP contribution is 2.24. The van der Waals surface area contributed by atoms with Gasteiger partial charge in [0, 0.05) is 39.4 Å². The number of methoxy groups -OCH3 is 1. The normalized spacial score (nSPS) is 20.0. The Kier molecular flexibility index (Phi) is 6.05. The molecule has 0 unspecified atom stereocenters. The number of piperidine rings is 2. The summed E-state index contributed by atoms with van der Waals surface area (Å²) in [5.74, 6) is 2.13. The minimum absolute atomic E-state index is 0.352. The Hall–Kier alpha value is -1.40. The molecule has 2 fully saturated rings. The predicted octanol–water partition coefficient (Wildman–Crippen LogP) is 2.10. The molecular weight excluding hydrogens is 292 g/mol. The van der Waals surface area contributed by atoms with E-state index in [4.69, 9.17) is 9.47 Å². The second-order valence-electron chi connectivity index (χ2n) is 6.33. The van der Waals surface area contributed by atoms with E-state index >= 15 is 0 Å². The van der Waals surface area contributed by atoms with Crippen LogP contribution >= 0.6 is 0 Å². The summed E-state index contributed by atoms with van der Waals surface area (Å²) in [5.41, 5.74) is 0. The van der Waals surface area contributed by atoms with Gasteiger partial charge in [-0.25, -0.2) is 9.97 Å². The molecule has 0 bridgehead atoms. The average Bonchev–Trinajstić information content (AvgIpc) is 2.63. The van der Waals surface area contributed by atoms with E-state index in [0.717, 1.165) is 50.7 Å². The van der Waals surface area contributed by atoms with E-state index in [-0.39, 0.29) is 0 Å². The smallest absolute Gasteiger partial charge is 0.134 e. The largest absolute Gasteiger partial charge is 0.382 e. The second kappa shape index (κ2) is 8.45. The van der Waals surface area contributed by atoms with E-state index in [0.29, 0.717) is 19.3 Å². The van der Waals surface area contributed by atoms with Gasteiger partial charge in [-0.1, -0.05) is 0 Å². The van der Waals surface area contributed by atoms with Gasteiger partial charge in [0.1, 0.15) is 18.0 Å². The van der Waals surface area contributed by atoms with Crippen LogP contribution in [0.25, 0.3) is 0 Å². The molecule has 0 radical (unpaired) electrons. The van der Waals surface area contributed by atoms with Crippen LogP contribution < -0.4 is 9.80 Å². The Labute approximate surface area is 138 Å². The van der Waals surface area contributed by atoms with Crippen LogP contribution in [0.4, 0.5) is 11.6 Å². The topological polar surface area (TPSA) is 50.7 Å². The van der Waals surface area contributed by atoms with Crippen molar-refractivity contribution < 1.29 is 9.47 Å². The highest BCUT2D eigenvalue weighted by atomic mass is 16.5. The van der Waals surface area contributed by atoms with Crippen molar-refractivity contribution in [3.63, 3.8) is 0 Å². The average molecular weight is 320 g/mol. The van der Waals surface area contributed by atoms with Crippen molar-refractivity contribution in [2.75, 3.05) is 56.3 Å². The van der Waals surface area contributed by atoms with Crippen LogP contribution in [-0.2, 0) is 9.47 Å². The van der Waals surface area contributed by atoms with Crippen molar-refractivity contribution in [1.82, 2.24) is 9.97 Å². The Morgan fingerprint density at radius 2 is 1.61 bits per heavy atom. The number of ether oxygens (including phenoxy) is 2. The molecule has 2 saturated heterocycles. The molecule has 2 aliphatic rings. The molecule has 6 heteroatoms. The fraction of sp³-hybridized carbons (Fsp3) is 0.765. The molecule has 0 aliphatic carbocycles. The molecule has 128 valence electrons. The van der Waals surface area contributed by atoms with Crippen molar-refractivity contribution >= 4 is 11.6 Å². The minimum Gasteiger partial charge on any atom is -0.382 e. The third kappa shape index (κ3) is 4.54. The molecule has 3 rings (SSSR count). The summed E-state index contributed by atoms with van der Waals surface area (Å²) >= 11 is 0. The van der Waals surface area contributed by atoms with Crippen LogP contribution in [0.1, 0.15) is 32.1 Å². The SMILES string of the molecule is COCCOC1CCN(c2cc(N3CCCCC3)ncn2)CC1. The number of hydrogen-bond acceptors (Lipinski definition) is 6. The van der Waals surface area contributed by atoms with Crippen LogP contribution in [0.2, 0.25) is 0 Å². The zero-order chi connectivity index (χ0) is 15.9. The van der Waals surface area contributed by atoms with Crippen molar-refractivity contribution in [1.29, 1.82) is 0 Å². The van der Waals surface area contributed by atoms with Crippen molar-refractivity contribution in [2.45, 2.75) is 38.2 Å². The maximum atomic E-state index is 5.83. The summed E-state index contributed by atoms with van der Waals surface area (Å²) in [7, 11) is 1.71. The molecule has 1 aromatic rings. The van der Waals surface area contributed by atoms with E-state index in [2.05, 4.69) is 25.8 Å².